The monoisotopic (exact) mass is 182 g/mol. The minimum absolute atomic E-state index is 0.146. The minimum atomic E-state index is 0.146. The number of hydrogen-bond acceptors (Lipinski definition) is 1. The molecule has 2 fully saturated rings. The summed E-state index contributed by atoms with van der Waals surface area (Å²) in [7, 11) is 0. The van der Waals surface area contributed by atoms with Crippen molar-refractivity contribution in [3.8, 4) is 0 Å². The molecular weight excluding hydrogens is 160 g/mol. The third kappa shape index (κ3) is 1.41. The van der Waals surface area contributed by atoms with Crippen molar-refractivity contribution in [2.45, 2.75) is 58.5 Å². The average Bonchev–Trinajstić information content (AvgIpc) is 2.34. The predicted molar refractivity (Wildman–Crippen MR) is 54.7 cm³/mol. The van der Waals surface area contributed by atoms with E-state index in [1.54, 1.807) is 0 Å². The molecule has 1 saturated carbocycles. The van der Waals surface area contributed by atoms with Crippen molar-refractivity contribution >= 4 is 0 Å². The molecule has 13 heavy (non-hydrogen) atoms. The quantitative estimate of drug-likeness (QED) is 0.558. The molecule has 0 unspecified atom stereocenters. The first kappa shape index (κ1) is 9.51. The first-order valence-electron chi connectivity index (χ1n) is 5.70. The molecule has 1 spiro atoms. The zero-order valence-electron chi connectivity index (χ0n) is 9.23. The lowest BCUT2D eigenvalue weighted by atomic mass is 9.62. The second-order valence-electron chi connectivity index (χ2n) is 5.57. The summed E-state index contributed by atoms with van der Waals surface area (Å²) in [4.78, 5) is 0. The Morgan fingerprint density at radius 1 is 1.08 bits per heavy atom. The van der Waals surface area contributed by atoms with Crippen LogP contribution in [0.3, 0.4) is 0 Å². The van der Waals surface area contributed by atoms with Gasteiger partial charge in [-0.1, -0.05) is 19.8 Å². The van der Waals surface area contributed by atoms with Crippen LogP contribution in [-0.2, 0) is 4.74 Å². The Kier molecular flexibility index (Phi) is 2.18. The molecule has 0 aromatic carbocycles. The van der Waals surface area contributed by atoms with Crippen LogP contribution in [0.1, 0.15) is 52.9 Å². The Balaban J connectivity index is 2.12. The van der Waals surface area contributed by atoms with Crippen LogP contribution in [0.4, 0.5) is 0 Å². The fourth-order valence-corrected chi connectivity index (χ4v) is 3.12. The van der Waals surface area contributed by atoms with Crippen LogP contribution >= 0.6 is 0 Å². The summed E-state index contributed by atoms with van der Waals surface area (Å²) in [5, 5.41) is 0. The van der Waals surface area contributed by atoms with Crippen LogP contribution < -0.4 is 0 Å². The molecular formula is C12H22O. The molecule has 1 aliphatic carbocycles. The lowest BCUT2D eigenvalue weighted by molar-refractivity contribution is -0.0536. The summed E-state index contributed by atoms with van der Waals surface area (Å²) in [6.45, 7) is 7.95. The maximum atomic E-state index is 5.87. The van der Waals surface area contributed by atoms with E-state index in [2.05, 4.69) is 20.8 Å². The minimum Gasteiger partial charge on any atom is -0.375 e. The lowest BCUT2D eigenvalue weighted by Crippen LogP contribution is -2.42. The van der Waals surface area contributed by atoms with Crippen molar-refractivity contribution < 1.29 is 4.74 Å². The van der Waals surface area contributed by atoms with Gasteiger partial charge in [0.05, 0.1) is 5.60 Å². The Morgan fingerprint density at radius 2 is 1.69 bits per heavy atom. The summed E-state index contributed by atoms with van der Waals surface area (Å²) in [5.74, 6) is 0.946. The predicted octanol–water partition coefficient (Wildman–Crippen LogP) is 3.38. The summed E-state index contributed by atoms with van der Waals surface area (Å²) in [6.07, 6.45) is 6.90. The zero-order valence-corrected chi connectivity index (χ0v) is 9.23. The Hall–Kier alpha value is -0.0400. The summed E-state index contributed by atoms with van der Waals surface area (Å²) in [6, 6.07) is 0. The lowest BCUT2D eigenvalue weighted by Gasteiger charge is -2.44. The van der Waals surface area contributed by atoms with Gasteiger partial charge in [0, 0.05) is 12.0 Å². The van der Waals surface area contributed by atoms with Crippen LogP contribution in [0, 0.1) is 11.3 Å². The molecule has 2 rings (SSSR count). The second-order valence-corrected chi connectivity index (χ2v) is 5.57. The number of rotatable bonds is 0. The van der Waals surface area contributed by atoms with E-state index in [0.717, 1.165) is 12.5 Å². The molecule has 0 aromatic heterocycles. The van der Waals surface area contributed by atoms with Crippen molar-refractivity contribution in [3.05, 3.63) is 0 Å². The van der Waals surface area contributed by atoms with Gasteiger partial charge in [-0.25, -0.2) is 0 Å². The van der Waals surface area contributed by atoms with Gasteiger partial charge < -0.3 is 4.74 Å². The molecule has 1 aliphatic heterocycles. The standard InChI is InChI=1S/C12H22O/c1-10-4-6-12(7-5-10)8-9-13-11(12,2)3/h10H,4-9H2,1-3H3/t10-,12+. The van der Waals surface area contributed by atoms with Crippen molar-refractivity contribution in [2.75, 3.05) is 6.61 Å². The summed E-state index contributed by atoms with van der Waals surface area (Å²) < 4.78 is 5.87. The second kappa shape index (κ2) is 2.98. The average molecular weight is 182 g/mol. The van der Waals surface area contributed by atoms with Crippen LogP contribution in [-0.4, -0.2) is 12.2 Å². The van der Waals surface area contributed by atoms with Gasteiger partial charge in [0.1, 0.15) is 0 Å². The molecule has 0 bridgehead atoms. The van der Waals surface area contributed by atoms with Gasteiger partial charge in [0.15, 0.2) is 0 Å². The third-order valence-corrected chi connectivity index (χ3v) is 4.55. The topological polar surface area (TPSA) is 9.23 Å². The van der Waals surface area contributed by atoms with E-state index in [1.165, 1.54) is 32.1 Å². The molecule has 1 nitrogen and oxygen atoms in total. The fourth-order valence-electron chi connectivity index (χ4n) is 3.12. The van der Waals surface area contributed by atoms with E-state index in [1.807, 2.05) is 0 Å². The molecule has 1 heterocycles. The van der Waals surface area contributed by atoms with Crippen LogP contribution in [0.15, 0.2) is 0 Å². The Labute approximate surface area is 81.9 Å². The van der Waals surface area contributed by atoms with Gasteiger partial charge >= 0.3 is 0 Å². The molecule has 0 N–H and O–H groups in total. The highest BCUT2D eigenvalue weighted by Crippen LogP contribution is 2.53. The van der Waals surface area contributed by atoms with Crippen LogP contribution in [0.5, 0.6) is 0 Å². The van der Waals surface area contributed by atoms with Crippen molar-refractivity contribution in [2.24, 2.45) is 11.3 Å². The van der Waals surface area contributed by atoms with Crippen molar-refractivity contribution in [3.63, 3.8) is 0 Å². The fraction of sp³-hybridized carbons (Fsp3) is 1.00. The van der Waals surface area contributed by atoms with E-state index < -0.39 is 0 Å². The highest BCUT2D eigenvalue weighted by Gasteiger charge is 2.50. The molecule has 0 atom stereocenters. The van der Waals surface area contributed by atoms with E-state index in [9.17, 15) is 0 Å². The van der Waals surface area contributed by atoms with Gasteiger partial charge in [0.25, 0.3) is 0 Å². The first-order chi connectivity index (χ1) is 6.06. The Morgan fingerprint density at radius 3 is 2.15 bits per heavy atom. The largest absolute Gasteiger partial charge is 0.375 e. The molecule has 1 saturated heterocycles. The molecule has 1 heteroatoms. The molecule has 2 aliphatic rings. The van der Waals surface area contributed by atoms with E-state index in [0.29, 0.717) is 5.41 Å². The SMILES string of the molecule is CC1(C)OCC[C@]12CC[C@H](C)CC2. The van der Waals surface area contributed by atoms with E-state index >= 15 is 0 Å². The maximum Gasteiger partial charge on any atom is 0.0683 e. The van der Waals surface area contributed by atoms with Crippen molar-refractivity contribution in [1.29, 1.82) is 0 Å². The normalized spacial score (nSPS) is 44.1. The first-order valence-corrected chi connectivity index (χ1v) is 5.70. The number of ether oxygens (including phenoxy) is 1. The Bertz CT molecular complexity index is 187. The highest BCUT2D eigenvalue weighted by molar-refractivity contribution is 5.00. The van der Waals surface area contributed by atoms with Crippen molar-refractivity contribution in [1.82, 2.24) is 0 Å². The van der Waals surface area contributed by atoms with E-state index in [4.69, 9.17) is 4.74 Å². The summed E-state index contributed by atoms with van der Waals surface area (Å²) >= 11 is 0. The van der Waals surface area contributed by atoms with Gasteiger partial charge in [-0.2, -0.15) is 0 Å². The smallest absolute Gasteiger partial charge is 0.0683 e. The maximum absolute atomic E-state index is 5.87. The number of hydrogen-bond donors (Lipinski definition) is 0. The van der Waals surface area contributed by atoms with Crippen LogP contribution in [0.2, 0.25) is 0 Å². The van der Waals surface area contributed by atoms with Gasteiger partial charge in [-0.3, -0.25) is 0 Å². The molecule has 0 amide bonds. The van der Waals surface area contributed by atoms with Gasteiger partial charge in [-0.05, 0) is 39.0 Å². The molecule has 0 radical (unpaired) electrons. The van der Waals surface area contributed by atoms with Gasteiger partial charge in [0.2, 0.25) is 0 Å². The molecule has 76 valence electrons. The third-order valence-electron chi connectivity index (χ3n) is 4.55. The zero-order chi connectivity index (χ0) is 9.53. The summed E-state index contributed by atoms with van der Waals surface area (Å²) in [5.41, 5.74) is 0.673. The highest BCUT2D eigenvalue weighted by atomic mass is 16.5. The van der Waals surface area contributed by atoms with Crippen LogP contribution in [0.25, 0.3) is 0 Å². The van der Waals surface area contributed by atoms with Gasteiger partial charge in [-0.15, -0.1) is 0 Å². The molecule has 0 aromatic rings. The van der Waals surface area contributed by atoms with E-state index in [-0.39, 0.29) is 5.60 Å².